The van der Waals surface area contributed by atoms with Crippen molar-refractivity contribution in [3.63, 3.8) is 0 Å². The molecule has 4 nitrogen and oxygen atoms in total. The molecule has 1 saturated heterocycles. The lowest BCUT2D eigenvalue weighted by molar-refractivity contribution is 0.206. The number of rotatable bonds is 6. The van der Waals surface area contributed by atoms with E-state index in [2.05, 4.69) is 40.7 Å². The van der Waals surface area contributed by atoms with Crippen molar-refractivity contribution in [3.05, 3.63) is 24.3 Å². The first kappa shape index (κ1) is 15.1. The van der Waals surface area contributed by atoms with Gasteiger partial charge in [0.25, 0.3) is 0 Å². The highest BCUT2D eigenvalue weighted by molar-refractivity contribution is 5.67. The minimum atomic E-state index is 0.893. The Morgan fingerprint density at radius 2 is 1.70 bits per heavy atom. The van der Waals surface area contributed by atoms with E-state index in [0.29, 0.717) is 0 Å². The lowest BCUT2D eigenvalue weighted by Crippen LogP contribution is -2.48. The highest BCUT2D eigenvalue weighted by Crippen LogP contribution is 2.23. The fourth-order valence-electron chi connectivity index (χ4n) is 2.81. The second kappa shape index (κ2) is 7.50. The normalized spacial score (nSPS) is 16.9. The Morgan fingerprint density at radius 3 is 2.30 bits per heavy atom. The first-order valence-corrected chi connectivity index (χ1v) is 7.78. The van der Waals surface area contributed by atoms with Crippen molar-refractivity contribution in [1.82, 2.24) is 9.80 Å². The van der Waals surface area contributed by atoms with E-state index in [1.54, 1.807) is 0 Å². The predicted octanol–water partition coefficient (Wildman–Crippen LogP) is 1.73. The van der Waals surface area contributed by atoms with Gasteiger partial charge in [0.2, 0.25) is 0 Å². The van der Waals surface area contributed by atoms with Crippen LogP contribution in [0.2, 0.25) is 0 Å². The molecule has 1 aliphatic rings. The van der Waals surface area contributed by atoms with Gasteiger partial charge in [-0.3, -0.25) is 4.90 Å². The van der Waals surface area contributed by atoms with Crippen LogP contribution in [-0.4, -0.2) is 62.2 Å². The largest absolute Gasteiger partial charge is 0.397 e. The van der Waals surface area contributed by atoms with E-state index in [9.17, 15) is 0 Å². The number of anilines is 2. The number of benzene rings is 1. The Labute approximate surface area is 123 Å². The van der Waals surface area contributed by atoms with Gasteiger partial charge >= 0.3 is 0 Å². The van der Waals surface area contributed by atoms with Crippen LogP contribution in [0.1, 0.15) is 13.8 Å². The number of hydrogen-bond acceptors (Lipinski definition) is 4. The van der Waals surface area contributed by atoms with E-state index < -0.39 is 0 Å². The molecule has 1 aromatic carbocycles. The van der Waals surface area contributed by atoms with Gasteiger partial charge in [0, 0.05) is 39.3 Å². The fraction of sp³-hybridized carbons (Fsp3) is 0.625. The van der Waals surface area contributed by atoms with Crippen LogP contribution in [0.3, 0.4) is 0 Å². The topological polar surface area (TPSA) is 35.7 Å². The Morgan fingerprint density at radius 1 is 1.05 bits per heavy atom. The Hall–Kier alpha value is -1.26. The summed E-state index contributed by atoms with van der Waals surface area (Å²) in [6, 6.07) is 8.18. The van der Waals surface area contributed by atoms with Gasteiger partial charge in [-0.1, -0.05) is 26.0 Å². The molecule has 0 spiro atoms. The number of nitrogens with zero attached hydrogens (tertiary/aromatic N) is 3. The first-order chi connectivity index (χ1) is 9.74. The monoisotopic (exact) mass is 276 g/mol. The zero-order valence-corrected chi connectivity index (χ0v) is 12.9. The summed E-state index contributed by atoms with van der Waals surface area (Å²) < 4.78 is 0. The third-order valence-electron chi connectivity index (χ3n) is 4.28. The van der Waals surface area contributed by atoms with Crippen LogP contribution < -0.4 is 10.6 Å². The molecule has 0 aromatic heterocycles. The third-order valence-corrected chi connectivity index (χ3v) is 4.28. The Kier molecular flexibility index (Phi) is 5.68. The summed E-state index contributed by atoms with van der Waals surface area (Å²) in [6.45, 7) is 13.6. The number of nitrogens with two attached hydrogens (primary N) is 1. The van der Waals surface area contributed by atoms with Crippen LogP contribution in [0.25, 0.3) is 0 Å². The molecule has 0 radical (unpaired) electrons. The zero-order chi connectivity index (χ0) is 14.4. The fourth-order valence-corrected chi connectivity index (χ4v) is 2.81. The number of hydrogen-bond donors (Lipinski definition) is 1. The molecule has 1 fully saturated rings. The highest BCUT2D eigenvalue weighted by Gasteiger charge is 2.18. The molecule has 112 valence electrons. The highest BCUT2D eigenvalue weighted by atomic mass is 15.3. The molecule has 20 heavy (non-hydrogen) atoms. The average molecular weight is 276 g/mol. The summed E-state index contributed by atoms with van der Waals surface area (Å²) in [5.41, 5.74) is 8.14. The van der Waals surface area contributed by atoms with E-state index in [1.807, 2.05) is 12.1 Å². The van der Waals surface area contributed by atoms with Gasteiger partial charge in [0.1, 0.15) is 0 Å². The van der Waals surface area contributed by atoms with E-state index in [1.165, 1.54) is 18.8 Å². The van der Waals surface area contributed by atoms with E-state index >= 15 is 0 Å². The molecule has 1 heterocycles. The van der Waals surface area contributed by atoms with E-state index in [-0.39, 0.29) is 0 Å². The van der Waals surface area contributed by atoms with Crippen molar-refractivity contribution in [1.29, 1.82) is 0 Å². The van der Waals surface area contributed by atoms with Crippen molar-refractivity contribution in [2.45, 2.75) is 13.8 Å². The van der Waals surface area contributed by atoms with Crippen LogP contribution in [-0.2, 0) is 0 Å². The van der Waals surface area contributed by atoms with Crippen LogP contribution in [0.4, 0.5) is 11.4 Å². The molecular weight excluding hydrogens is 248 g/mol. The van der Waals surface area contributed by atoms with Gasteiger partial charge in [-0.25, -0.2) is 0 Å². The minimum absolute atomic E-state index is 0.893. The summed E-state index contributed by atoms with van der Waals surface area (Å²) >= 11 is 0. The van der Waals surface area contributed by atoms with Gasteiger partial charge in [-0.05, 0) is 25.2 Å². The molecule has 1 aromatic rings. The molecule has 0 aliphatic carbocycles. The van der Waals surface area contributed by atoms with Gasteiger partial charge in [-0.2, -0.15) is 0 Å². The molecule has 0 atom stereocenters. The van der Waals surface area contributed by atoms with Crippen LogP contribution in [0.5, 0.6) is 0 Å². The number of piperazine rings is 1. The smallest absolute Gasteiger partial charge is 0.0600 e. The van der Waals surface area contributed by atoms with E-state index in [0.717, 1.165) is 45.0 Å². The molecular formula is C16H28N4. The lowest BCUT2D eigenvalue weighted by atomic mass is 10.2. The minimum Gasteiger partial charge on any atom is -0.397 e. The number of likely N-dealkylation sites (N-methyl/N-ethyl adjacent to an activating group) is 1. The number of para-hydroxylation sites is 2. The van der Waals surface area contributed by atoms with Crippen molar-refractivity contribution < 1.29 is 0 Å². The van der Waals surface area contributed by atoms with Crippen molar-refractivity contribution in [2.24, 2.45) is 0 Å². The first-order valence-electron chi connectivity index (χ1n) is 7.78. The predicted molar refractivity (Wildman–Crippen MR) is 87.3 cm³/mol. The van der Waals surface area contributed by atoms with Gasteiger partial charge < -0.3 is 15.5 Å². The standard InChI is InChI=1S/C16H28N4/c1-3-18(4-2)9-10-19-11-13-20(14-12-19)16-8-6-5-7-15(16)17/h5-8H,3-4,9-14,17H2,1-2H3. The van der Waals surface area contributed by atoms with Crippen molar-refractivity contribution in [3.8, 4) is 0 Å². The van der Waals surface area contributed by atoms with Crippen molar-refractivity contribution in [2.75, 3.05) is 63.0 Å². The Balaban J connectivity index is 1.79. The maximum atomic E-state index is 6.06. The van der Waals surface area contributed by atoms with Gasteiger partial charge in [-0.15, -0.1) is 0 Å². The van der Waals surface area contributed by atoms with Gasteiger partial charge in [0.05, 0.1) is 11.4 Å². The van der Waals surface area contributed by atoms with Crippen LogP contribution >= 0.6 is 0 Å². The maximum absolute atomic E-state index is 6.06. The quantitative estimate of drug-likeness (QED) is 0.803. The summed E-state index contributed by atoms with van der Waals surface area (Å²) in [5.74, 6) is 0. The number of nitrogen functional groups attached to an aromatic ring is 1. The lowest BCUT2D eigenvalue weighted by Gasteiger charge is -2.37. The zero-order valence-electron chi connectivity index (χ0n) is 12.9. The van der Waals surface area contributed by atoms with Gasteiger partial charge in [0.15, 0.2) is 0 Å². The molecule has 2 rings (SSSR count). The second-order valence-corrected chi connectivity index (χ2v) is 5.41. The Bertz CT molecular complexity index is 395. The molecule has 4 heteroatoms. The van der Waals surface area contributed by atoms with Crippen LogP contribution in [0, 0.1) is 0 Å². The molecule has 0 bridgehead atoms. The molecule has 1 aliphatic heterocycles. The maximum Gasteiger partial charge on any atom is 0.0600 e. The summed E-state index contributed by atoms with van der Waals surface area (Å²) in [6.07, 6.45) is 0. The summed E-state index contributed by atoms with van der Waals surface area (Å²) in [4.78, 5) is 7.46. The molecule has 0 unspecified atom stereocenters. The summed E-state index contributed by atoms with van der Waals surface area (Å²) in [7, 11) is 0. The molecule has 0 saturated carbocycles. The summed E-state index contributed by atoms with van der Waals surface area (Å²) in [5, 5.41) is 0. The SMILES string of the molecule is CCN(CC)CCN1CCN(c2ccccc2N)CC1. The van der Waals surface area contributed by atoms with E-state index in [4.69, 9.17) is 5.73 Å². The van der Waals surface area contributed by atoms with Crippen LogP contribution in [0.15, 0.2) is 24.3 Å². The molecule has 0 amide bonds. The second-order valence-electron chi connectivity index (χ2n) is 5.41. The van der Waals surface area contributed by atoms with Crippen molar-refractivity contribution >= 4 is 11.4 Å². The third kappa shape index (κ3) is 3.87. The molecule has 2 N–H and O–H groups in total. The average Bonchev–Trinajstić information content (AvgIpc) is 2.49.